The SMILES string of the molecule is Cc1ccc(N)c(NC(=O)c2cc(F)cc(Br)c2)c1C. The van der Waals surface area contributed by atoms with Crippen molar-refractivity contribution in [2.45, 2.75) is 13.8 Å². The van der Waals surface area contributed by atoms with E-state index in [2.05, 4.69) is 21.2 Å². The summed E-state index contributed by atoms with van der Waals surface area (Å²) in [4.78, 5) is 12.2. The Morgan fingerprint density at radius 2 is 1.95 bits per heavy atom. The van der Waals surface area contributed by atoms with Gasteiger partial charge in [-0.25, -0.2) is 4.39 Å². The molecule has 104 valence electrons. The molecule has 0 saturated carbocycles. The maximum absolute atomic E-state index is 13.3. The van der Waals surface area contributed by atoms with Crippen molar-refractivity contribution in [2.75, 3.05) is 11.1 Å². The minimum absolute atomic E-state index is 0.234. The summed E-state index contributed by atoms with van der Waals surface area (Å²) >= 11 is 3.16. The van der Waals surface area contributed by atoms with Gasteiger partial charge in [0.25, 0.3) is 5.91 Å². The van der Waals surface area contributed by atoms with Crippen LogP contribution in [0.15, 0.2) is 34.8 Å². The van der Waals surface area contributed by atoms with Crippen LogP contribution in [0.4, 0.5) is 15.8 Å². The largest absolute Gasteiger partial charge is 0.397 e. The molecule has 0 atom stereocenters. The number of rotatable bonds is 2. The number of benzene rings is 2. The zero-order chi connectivity index (χ0) is 14.9. The van der Waals surface area contributed by atoms with Gasteiger partial charge in [0.05, 0.1) is 11.4 Å². The van der Waals surface area contributed by atoms with Gasteiger partial charge in [-0.1, -0.05) is 22.0 Å². The summed E-state index contributed by atoms with van der Waals surface area (Å²) in [6.07, 6.45) is 0. The fraction of sp³-hybridized carbons (Fsp3) is 0.133. The molecule has 0 aromatic heterocycles. The van der Waals surface area contributed by atoms with Crippen LogP contribution in [0.3, 0.4) is 0 Å². The number of anilines is 2. The third-order valence-corrected chi connectivity index (χ3v) is 3.59. The van der Waals surface area contributed by atoms with Crippen molar-refractivity contribution in [3.8, 4) is 0 Å². The Morgan fingerprint density at radius 1 is 1.25 bits per heavy atom. The molecular weight excluding hydrogens is 323 g/mol. The number of halogens is 2. The van der Waals surface area contributed by atoms with E-state index >= 15 is 0 Å². The van der Waals surface area contributed by atoms with Crippen LogP contribution < -0.4 is 11.1 Å². The highest BCUT2D eigenvalue weighted by molar-refractivity contribution is 9.10. The predicted molar refractivity (Wildman–Crippen MR) is 82.4 cm³/mol. The first-order chi connectivity index (χ1) is 9.38. The highest BCUT2D eigenvalue weighted by Gasteiger charge is 2.13. The van der Waals surface area contributed by atoms with Crippen LogP contribution in [0.1, 0.15) is 21.5 Å². The van der Waals surface area contributed by atoms with Gasteiger partial charge in [0.15, 0.2) is 0 Å². The van der Waals surface area contributed by atoms with E-state index in [4.69, 9.17) is 5.73 Å². The standard InChI is InChI=1S/C15H14BrFN2O/c1-8-3-4-13(18)14(9(8)2)19-15(20)10-5-11(16)7-12(17)6-10/h3-7H,18H2,1-2H3,(H,19,20). The molecule has 0 bridgehead atoms. The number of hydrogen-bond acceptors (Lipinski definition) is 2. The number of amides is 1. The average Bonchev–Trinajstić information content (AvgIpc) is 2.38. The Hall–Kier alpha value is -1.88. The third-order valence-electron chi connectivity index (χ3n) is 3.13. The van der Waals surface area contributed by atoms with E-state index < -0.39 is 11.7 Å². The van der Waals surface area contributed by atoms with Crippen LogP contribution >= 0.6 is 15.9 Å². The van der Waals surface area contributed by atoms with Gasteiger partial charge >= 0.3 is 0 Å². The van der Waals surface area contributed by atoms with Gasteiger partial charge in [-0.2, -0.15) is 0 Å². The molecule has 0 aliphatic rings. The minimum atomic E-state index is -0.474. The van der Waals surface area contributed by atoms with Crippen molar-refractivity contribution < 1.29 is 9.18 Å². The molecule has 0 radical (unpaired) electrons. The molecule has 2 aromatic carbocycles. The number of nitrogens with one attached hydrogen (secondary N) is 1. The second-order valence-electron chi connectivity index (χ2n) is 4.58. The molecule has 0 unspecified atom stereocenters. The van der Waals surface area contributed by atoms with Crippen LogP contribution in [0.2, 0.25) is 0 Å². The third kappa shape index (κ3) is 2.99. The number of nitrogen functional groups attached to an aromatic ring is 1. The van der Waals surface area contributed by atoms with Crippen LogP contribution in [0.5, 0.6) is 0 Å². The Kier molecular flexibility index (Phi) is 4.09. The summed E-state index contributed by atoms with van der Waals surface area (Å²) < 4.78 is 13.8. The molecule has 3 nitrogen and oxygen atoms in total. The van der Waals surface area contributed by atoms with Crippen LogP contribution in [0.25, 0.3) is 0 Å². The van der Waals surface area contributed by atoms with Crippen molar-refractivity contribution in [1.82, 2.24) is 0 Å². The van der Waals surface area contributed by atoms with E-state index in [9.17, 15) is 9.18 Å². The molecule has 0 aliphatic heterocycles. The van der Waals surface area contributed by atoms with Crippen LogP contribution in [0, 0.1) is 19.7 Å². The van der Waals surface area contributed by atoms with E-state index in [0.29, 0.717) is 15.8 Å². The van der Waals surface area contributed by atoms with Gasteiger partial charge in [-0.05, 0) is 49.2 Å². The molecule has 20 heavy (non-hydrogen) atoms. The van der Waals surface area contributed by atoms with Gasteiger partial charge in [0, 0.05) is 10.0 Å². The monoisotopic (exact) mass is 336 g/mol. The molecule has 0 fully saturated rings. The molecule has 2 aromatic rings. The lowest BCUT2D eigenvalue weighted by Gasteiger charge is -2.13. The zero-order valence-corrected chi connectivity index (χ0v) is 12.7. The van der Waals surface area contributed by atoms with Gasteiger partial charge in [0.1, 0.15) is 5.82 Å². The summed E-state index contributed by atoms with van der Waals surface area (Å²) in [7, 11) is 0. The van der Waals surface area contributed by atoms with Gasteiger partial charge in [-0.3, -0.25) is 4.79 Å². The van der Waals surface area contributed by atoms with Crippen molar-refractivity contribution in [3.63, 3.8) is 0 Å². The zero-order valence-electron chi connectivity index (χ0n) is 11.1. The molecule has 2 rings (SSSR count). The molecule has 0 heterocycles. The second kappa shape index (κ2) is 5.63. The lowest BCUT2D eigenvalue weighted by atomic mass is 10.1. The van der Waals surface area contributed by atoms with Gasteiger partial charge < -0.3 is 11.1 Å². The molecule has 1 amide bonds. The van der Waals surface area contributed by atoms with Crippen LogP contribution in [-0.2, 0) is 0 Å². The van der Waals surface area contributed by atoms with E-state index in [1.54, 1.807) is 12.1 Å². The van der Waals surface area contributed by atoms with Crippen molar-refractivity contribution in [3.05, 3.63) is 57.3 Å². The quantitative estimate of drug-likeness (QED) is 0.813. The van der Waals surface area contributed by atoms with Crippen molar-refractivity contribution in [1.29, 1.82) is 0 Å². The Bertz CT molecular complexity index is 666. The first-order valence-corrected chi connectivity index (χ1v) is 6.81. The van der Waals surface area contributed by atoms with Gasteiger partial charge in [0.2, 0.25) is 0 Å². The van der Waals surface area contributed by atoms with Crippen molar-refractivity contribution >= 4 is 33.2 Å². The Labute approximate surface area is 125 Å². The molecule has 3 N–H and O–H groups in total. The van der Waals surface area contributed by atoms with Gasteiger partial charge in [-0.15, -0.1) is 0 Å². The van der Waals surface area contributed by atoms with Crippen LogP contribution in [-0.4, -0.2) is 5.91 Å². The predicted octanol–water partition coefficient (Wildman–Crippen LogP) is 4.04. The summed E-state index contributed by atoms with van der Waals surface area (Å²) in [5, 5.41) is 2.74. The topological polar surface area (TPSA) is 55.1 Å². The highest BCUT2D eigenvalue weighted by atomic mass is 79.9. The smallest absolute Gasteiger partial charge is 0.255 e. The lowest BCUT2D eigenvalue weighted by Crippen LogP contribution is -2.15. The molecular formula is C15H14BrFN2O. The number of carbonyl (C=O) groups is 1. The summed E-state index contributed by atoms with van der Waals surface area (Å²) in [5.74, 6) is -0.871. The van der Waals surface area contributed by atoms with E-state index in [1.165, 1.54) is 12.1 Å². The Balaban J connectivity index is 2.35. The fourth-order valence-electron chi connectivity index (χ4n) is 1.87. The number of nitrogens with two attached hydrogens (primary N) is 1. The number of aryl methyl sites for hydroxylation is 1. The lowest BCUT2D eigenvalue weighted by molar-refractivity contribution is 0.102. The first kappa shape index (κ1) is 14.5. The van der Waals surface area contributed by atoms with E-state index in [0.717, 1.165) is 11.1 Å². The van der Waals surface area contributed by atoms with Crippen molar-refractivity contribution in [2.24, 2.45) is 0 Å². The highest BCUT2D eigenvalue weighted by Crippen LogP contribution is 2.26. The number of carbonyl (C=O) groups excluding carboxylic acids is 1. The maximum atomic E-state index is 13.3. The molecule has 0 aliphatic carbocycles. The minimum Gasteiger partial charge on any atom is -0.397 e. The fourth-order valence-corrected chi connectivity index (χ4v) is 2.34. The second-order valence-corrected chi connectivity index (χ2v) is 5.50. The summed E-state index contributed by atoms with van der Waals surface area (Å²) in [6, 6.07) is 7.66. The molecule has 0 saturated heterocycles. The van der Waals surface area contributed by atoms with E-state index in [-0.39, 0.29) is 5.56 Å². The normalized spacial score (nSPS) is 10.4. The van der Waals surface area contributed by atoms with E-state index in [1.807, 2.05) is 19.9 Å². The average molecular weight is 337 g/mol. The maximum Gasteiger partial charge on any atom is 0.255 e. The number of hydrogen-bond donors (Lipinski definition) is 2. The molecule has 0 spiro atoms. The first-order valence-electron chi connectivity index (χ1n) is 6.01. The molecule has 5 heteroatoms. The summed E-state index contributed by atoms with van der Waals surface area (Å²) in [5.41, 5.74) is 9.08. The summed E-state index contributed by atoms with van der Waals surface area (Å²) in [6.45, 7) is 3.81. The Morgan fingerprint density at radius 3 is 2.60 bits per heavy atom.